The number of piperazine rings is 1. The van der Waals surface area contributed by atoms with E-state index in [1.165, 1.54) is 0 Å². The van der Waals surface area contributed by atoms with E-state index in [-0.39, 0.29) is 17.9 Å². The van der Waals surface area contributed by atoms with Gasteiger partial charge in [0.05, 0.1) is 6.10 Å². The molecule has 3 rings (SSSR count). The number of hydrogen-bond acceptors (Lipinski definition) is 4. The predicted molar refractivity (Wildman–Crippen MR) is 103 cm³/mol. The Labute approximate surface area is 163 Å². The molecule has 0 aliphatic carbocycles. The predicted octanol–water partition coefficient (Wildman–Crippen LogP) is 1.89. The first kappa shape index (κ1) is 19.3. The second-order valence-electron chi connectivity index (χ2n) is 6.78. The SMILES string of the molecule is O=C(CCN(C[C@H]1CCCO1)C(=O)c1cccc(Br)c1)N1CCNCC1. The first-order valence-corrected chi connectivity index (χ1v) is 10.1. The Balaban J connectivity index is 1.64. The molecule has 1 N–H and O–H groups in total. The van der Waals surface area contributed by atoms with Crippen molar-refractivity contribution in [1.29, 1.82) is 0 Å². The van der Waals surface area contributed by atoms with E-state index in [0.717, 1.165) is 50.1 Å². The number of halogens is 1. The molecule has 6 nitrogen and oxygen atoms in total. The monoisotopic (exact) mass is 423 g/mol. The smallest absolute Gasteiger partial charge is 0.253 e. The zero-order chi connectivity index (χ0) is 18.4. The third kappa shape index (κ3) is 5.28. The minimum atomic E-state index is -0.0464. The highest BCUT2D eigenvalue weighted by molar-refractivity contribution is 9.10. The first-order chi connectivity index (χ1) is 12.6. The number of ether oxygens (including phenoxy) is 1. The fourth-order valence-electron chi connectivity index (χ4n) is 3.42. The van der Waals surface area contributed by atoms with Gasteiger partial charge in [0.25, 0.3) is 5.91 Å². The number of hydrogen-bond donors (Lipinski definition) is 1. The van der Waals surface area contributed by atoms with Crippen LogP contribution < -0.4 is 5.32 Å². The van der Waals surface area contributed by atoms with Crippen LogP contribution in [-0.2, 0) is 9.53 Å². The fraction of sp³-hybridized carbons (Fsp3) is 0.579. The van der Waals surface area contributed by atoms with Crippen LogP contribution in [0, 0.1) is 0 Å². The van der Waals surface area contributed by atoms with Crippen LogP contribution in [0.4, 0.5) is 0 Å². The topological polar surface area (TPSA) is 61.9 Å². The summed E-state index contributed by atoms with van der Waals surface area (Å²) in [7, 11) is 0. The third-order valence-corrected chi connectivity index (χ3v) is 5.37. The van der Waals surface area contributed by atoms with Crippen LogP contribution >= 0.6 is 15.9 Å². The lowest BCUT2D eigenvalue weighted by molar-refractivity contribution is -0.132. The molecular weight excluding hydrogens is 398 g/mol. The molecule has 0 aromatic heterocycles. The Morgan fingerprint density at radius 2 is 2.12 bits per heavy atom. The van der Waals surface area contributed by atoms with Crippen molar-refractivity contribution < 1.29 is 14.3 Å². The molecular formula is C19H26BrN3O3. The lowest BCUT2D eigenvalue weighted by Gasteiger charge is -2.30. The maximum Gasteiger partial charge on any atom is 0.253 e. The number of nitrogens with zero attached hydrogens (tertiary/aromatic N) is 2. The summed E-state index contributed by atoms with van der Waals surface area (Å²) in [4.78, 5) is 29.1. The molecule has 26 heavy (non-hydrogen) atoms. The molecule has 0 spiro atoms. The Bertz CT molecular complexity index is 628. The fourth-order valence-corrected chi connectivity index (χ4v) is 3.82. The average Bonchev–Trinajstić information content (AvgIpc) is 3.18. The van der Waals surface area contributed by atoms with Crippen molar-refractivity contribution in [1.82, 2.24) is 15.1 Å². The van der Waals surface area contributed by atoms with Gasteiger partial charge in [-0.3, -0.25) is 9.59 Å². The van der Waals surface area contributed by atoms with Crippen molar-refractivity contribution in [2.45, 2.75) is 25.4 Å². The van der Waals surface area contributed by atoms with Crippen LogP contribution in [0.15, 0.2) is 28.7 Å². The van der Waals surface area contributed by atoms with Gasteiger partial charge >= 0.3 is 0 Å². The molecule has 1 aromatic rings. The number of benzene rings is 1. The van der Waals surface area contributed by atoms with E-state index in [2.05, 4.69) is 21.2 Å². The molecule has 0 bridgehead atoms. The lowest BCUT2D eigenvalue weighted by Crippen LogP contribution is -2.47. The van der Waals surface area contributed by atoms with Crippen LogP contribution in [0.1, 0.15) is 29.6 Å². The van der Waals surface area contributed by atoms with E-state index in [0.29, 0.717) is 25.1 Å². The van der Waals surface area contributed by atoms with Crippen molar-refractivity contribution >= 4 is 27.7 Å². The highest BCUT2D eigenvalue weighted by Crippen LogP contribution is 2.18. The quantitative estimate of drug-likeness (QED) is 0.758. The molecule has 1 aromatic carbocycles. The van der Waals surface area contributed by atoms with Gasteiger partial charge in [-0.1, -0.05) is 22.0 Å². The van der Waals surface area contributed by atoms with Gasteiger partial charge in [-0.15, -0.1) is 0 Å². The van der Waals surface area contributed by atoms with E-state index in [1.807, 2.05) is 29.2 Å². The Morgan fingerprint density at radius 1 is 1.31 bits per heavy atom. The van der Waals surface area contributed by atoms with Gasteiger partial charge in [0.1, 0.15) is 0 Å². The zero-order valence-corrected chi connectivity index (χ0v) is 16.5. The normalized spacial score (nSPS) is 20.2. The largest absolute Gasteiger partial charge is 0.376 e. The molecule has 7 heteroatoms. The van der Waals surface area contributed by atoms with Crippen LogP contribution in [0.3, 0.4) is 0 Å². The molecule has 2 aliphatic heterocycles. The van der Waals surface area contributed by atoms with E-state index in [4.69, 9.17) is 4.74 Å². The summed E-state index contributed by atoms with van der Waals surface area (Å²) in [6.07, 6.45) is 2.42. The highest BCUT2D eigenvalue weighted by atomic mass is 79.9. The average molecular weight is 424 g/mol. The van der Waals surface area contributed by atoms with Crippen molar-refractivity contribution in [3.63, 3.8) is 0 Å². The van der Waals surface area contributed by atoms with Crippen molar-refractivity contribution in [2.75, 3.05) is 45.9 Å². The second kappa shape index (κ2) is 9.48. The van der Waals surface area contributed by atoms with Gasteiger partial charge in [-0.25, -0.2) is 0 Å². The number of rotatable bonds is 6. The summed E-state index contributed by atoms with van der Waals surface area (Å²) in [6, 6.07) is 7.39. The summed E-state index contributed by atoms with van der Waals surface area (Å²) in [6.45, 7) is 4.87. The summed E-state index contributed by atoms with van der Waals surface area (Å²) in [5, 5.41) is 3.25. The summed E-state index contributed by atoms with van der Waals surface area (Å²) < 4.78 is 6.58. The molecule has 0 unspecified atom stereocenters. The molecule has 2 saturated heterocycles. The number of carbonyl (C=O) groups is 2. The third-order valence-electron chi connectivity index (χ3n) is 4.87. The van der Waals surface area contributed by atoms with Gasteiger partial charge < -0.3 is 19.9 Å². The number of nitrogens with one attached hydrogen (secondary N) is 1. The molecule has 0 radical (unpaired) electrons. The molecule has 2 amide bonds. The van der Waals surface area contributed by atoms with Gasteiger partial charge in [-0.05, 0) is 31.0 Å². The van der Waals surface area contributed by atoms with Crippen LogP contribution in [0.5, 0.6) is 0 Å². The molecule has 1 atom stereocenters. The number of amides is 2. The van der Waals surface area contributed by atoms with Gasteiger partial charge in [0.2, 0.25) is 5.91 Å². The maximum absolute atomic E-state index is 13.0. The van der Waals surface area contributed by atoms with E-state index in [9.17, 15) is 9.59 Å². The van der Waals surface area contributed by atoms with Gasteiger partial charge in [0.15, 0.2) is 0 Å². The van der Waals surface area contributed by atoms with E-state index >= 15 is 0 Å². The van der Waals surface area contributed by atoms with Crippen molar-refractivity contribution in [3.05, 3.63) is 34.3 Å². The van der Waals surface area contributed by atoms with Crippen molar-refractivity contribution in [2.24, 2.45) is 0 Å². The lowest BCUT2D eigenvalue weighted by atomic mass is 10.1. The van der Waals surface area contributed by atoms with Crippen LogP contribution in [-0.4, -0.2) is 73.6 Å². The van der Waals surface area contributed by atoms with Gasteiger partial charge in [0, 0.05) is 62.3 Å². The van der Waals surface area contributed by atoms with Crippen molar-refractivity contribution in [3.8, 4) is 0 Å². The van der Waals surface area contributed by atoms with Crippen LogP contribution in [0.25, 0.3) is 0 Å². The van der Waals surface area contributed by atoms with E-state index < -0.39 is 0 Å². The summed E-state index contributed by atoms with van der Waals surface area (Å²) >= 11 is 3.42. The zero-order valence-electron chi connectivity index (χ0n) is 15.0. The summed E-state index contributed by atoms with van der Waals surface area (Å²) in [5.41, 5.74) is 0.631. The molecule has 142 valence electrons. The molecule has 2 fully saturated rings. The molecule has 2 aliphatic rings. The Morgan fingerprint density at radius 3 is 2.81 bits per heavy atom. The first-order valence-electron chi connectivity index (χ1n) is 9.28. The maximum atomic E-state index is 13.0. The highest BCUT2D eigenvalue weighted by Gasteiger charge is 2.25. The minimum Gasteiger partial charge on any atom is -0.376 e. The Kier molecular flexibility index (Phi) is 7.05. The number of carbonyl (C=O) groups excluding carboxylic acids is 2. The standard InChI is InChI=1S/C19H26BrN3O3/c20-16-4-1-3-15(13-16)19(25)23(14-17-5-2-12-26-17)9-6-18(24)22-10-7-21-8-11-22/h1,3-4,13,17,21H,2,5-12,14H2/t17-/m1/s1. The minimum absolute atomic E-state index is 0.0464. The van der Waals surface area contributed by atoms with Crippen LogP contribution in [0.2, 0.25) is 0 Å². The molecule has 2 heterocycles. The second-order valence-corrected chi connectivity index (χ2v) is 7.69. The van der Waals surface area contributed by atoms with E-state index in [1.54, 1.807) is 4.90 Å². The molecule has 0 saturated carbocycles. The Hall–Kier alpha value is -1.44. The van der Waals surface area contributed by atoms with Gasteiger partial charge in [-0.2, -0.15) is 0 Å². The summed E-state index contributed by atoms with van der Waals surface area (Å²) in [5.74, 6) is 0.0702.